The van der Waals surface area contributed by atoms with Crippen LogP contribution in [-0.4, -0.2) is 11.1 Å². The number of aliphatic carboxylic acids is 1. The Kier molecular flexibility index (Phi) is 4.03. The zero-order valence-corrected chi connectivity index (χ0v) is 6.79. The van der Waals surface area contributed by atoms with Crippen molar-refractivity contribution in [1.82, 2.24) is 0 Å². The average molecular weight is 155 g/mol. The fourth-order valence-corrected chi connectivity index (χ4v) is 0.657. The summed E-state index contributed by atoms with van der Waals surface area (Å²) in [5.41, 5.74) is 6.80. The maximum Gasteiger partial charge on any atom is 0.307 e. The topological polar surface area (TPSA) is 63.3 Å². The molecule has 3 N–H and O–H groups in total. The molecule has 0 rings (SSSR count). The van der Waals surface area contributed by atoms with Crippen LogP contribution in [0.25, 0.3) is 0 Å². The summed E-state index contributed by atoms with van der Waals surface area (Å²) in [4.78, 5) is 10.2. The Hall–Kier alpha value is -1.25. The van der Waals surface area contributed by atoms with Crippen LogP contribution >= 0.6 is 0 Å². The summed E-state index contributed by atoms with van der Waals surface area (Å²) < 4.78 is 0. The summed E-state index contributed by atoms with van der Waals surface area (Å²) in [5.74, 6) is -0.831. The van der Waals surface area contributed by atoms with Crippen molar-refractivity contribution in [2.24, 2.45) is 5.73 Å². The highest BCUT2D eigenvalue weighted by Gasteiger charge is 1.97. The average Bonchev–Trinajstić information content (AvgIpc) is 1.85. The van der Waals surface area contributed by atoms with Gasteiger partial charge in [0.25, 0.3) is 0 Å². The predicted octanol–water partition coefficient (Wildman–Crippen LogP) is 1.27. The first-order valence-electron chi connectivity index (χ1n) is 3.37. The number of carboxylic acid groups (broad SMARTS) is 1. The fraction of sp³-hybridized carbons (Fsp3) is 0.375. The van der Waals surface area contributed by atoms with E-state index in [9.17, 15) is 4.79 Å². The third kappa shape index (κ3) is 5.21. The molecule has 0 aromatic carbocycles. The molecule has 11 heavy (non-hydrogen) atoms. The standard InChI is InChI=1S/C8H13NO2/c1-3-7(9)4-6(2)5-8(10)11/h3-4H,5,9H2,1-2H3,(H,10,11)/b6-4+,7-3+. The van der Waals surface area contributed by atoms with Crippen molar-refractivity contribution >= 4 is 5.97 Å². The number of nitrogens with two attached hydrogens (primary N) is 1. The normalized spacial score (nSPS) is 13.3. The molecule has 0 saturated carbocycles. The van der Waals surface area contributed by atoms with E-state index in [0.717, 1.165) is 5.57 Å². The third-order valence-electron chi connectivity index (χ3n) is 1.18. The molecule has 0 atom stereocenters. The summed E-state index contributed by atoms with van der Waals surface area (Å²) in [6.45, 7) is 3.55. The van der Waals surface area contributed by atoms with Gasteiger partial charge in [-0.25, -0.2) is 0 Å². The van der Waals surface area contributed by atoms with Crippen LogP contribution in [0, 0.1) is 0 Å². The van der Waals surface area contributed by atoms with E-state index in [1.165, 1.54) is 0 Å². The SMILES string of the molecule is C/C=C(N)\C=C(/C)CC(=O)O. The smallest absolute Gasteiger partial charge is 0.307 e. The van der Waals surface area contributed by atoms with Crippen LogP contribution < -0.4 is 5.73 Å². The van der Waals surface area contributed by atoms with Crippen molar-refractivity contribution < 1.29 is 9.90 Å². The molecule has 62 valence electrons. The van der Waals surface area contributed by atoms with Gasteiger partial charge in [0.15, 0.2) is 0 Å². The van der Waals surface area contributed by atoms with Gasteiger partial charge in [-0.2, -0.15) is 0 Å². The zero-order chi connectivity index (χ0) is 8.85. The van der Waals surface area contributed by atoms with E-state index < -0.39 is 5.97 Å². The van der Waals surface area contributed by atoms with E-state index in [1.54, 1.807) is 26.0 Å². The molecule has 0 fully saturated rings. The molecule has 0 aromatic heterocycles. The molecule has 0 spiro atoms. The molecular weight excluding hydrogens is 142 g/mol. The fourth-order valence-electron chi connectivity index (χ4n) is 0.657. The quantitative estimate of drug-likeness (QED) is 0.603. The molecule has 0 aliphatic heterocycles. The Labute approximate surface area is 66.2 Å². The number of rotatable bonds is 3. The van der Waals surface area contributed by atoms with Crippen LogP contribution in [0.2, 0.25) is 0 Å². The number of carboxylic acids is 1. The first-order chi connectivity index (χ1) is 5.06. The lowest BCUT2D eigenvalue weighted by molar-refractivity contribution is -0.136. The van der Waals surface area contributed by atoms with Crippen molar-refractivity contribution in [2.75, 3.05) is 0 Å². The highest BCUT2D eigenvalue weighted by Crippen LogP contribution is 2.01. The predicted molar refractivity (Wildman–Crippen MR) is 44.0 cm³/mol. The molecule has 3 heteroatoms. The van der Waals surface area contributed by atoms with Crippen LogP contribution in [0.1, 0.15) is 20.3 Å². The lowest BCUT2D eigenvalue weighted by atomic mass is 10.2. The van der Waals surface area contributed by atoms with Gasteiger partial charge in [0.2, 0.25) is 0 Å². The van der Waals surface area contributed by atoms with Crippen molar-refractivity contribution in [3.63, 3.8) is 0 Å². The van der Waals surface area contributed by atoms with Gasteiger partial charge in [0, 0.05) is 5.70 Å². The van der Waals surface area contributed by atoms with Gasteiger partial charge in [-0.05, 0) is 19.9 Å². The van der Waals surface area contributed by atoms with Crippen LogP contribution in [-0.2, 0) is 4.79 Å². The Morgan fingerprint density at radius 1 is 1.64 bits per heavy atom. The van der Waals surface area contributed by atoms with E-state index in [2.05, 4.69) is 0 Å². The Morgan fingerprint density at radius 2 is 2.18 bits per heavy atom. The van der Waals surface area contributed by atoms with Gasteiger partial charge in [-0.1, -0.05) is 11.6 Å². The highest BCUT2D eigenvalue weighted by molar-refractivity contribution is 5.70. The molecule has 0 bridgehead atoms. The maximum absolute atomic E-state index is 10.2. The van der Waals surface area contributed by atoms with E-state index in [0.29, 0.717) is 5.70 Å². The largest absolute Gasteiger partial charge is 0.481 e. The summed E-state index contributed by atoms with van der Waals surface area (Å²) in [7, 11) is 0. The Balaban J connectivity index is 4.11. The molecule has 0 aliphatic carbocycles. The molecule has 3 nitrogen and oxygen atoms in total. The van der Waals surface area contributed by atoms with Gasteiger partial charge >= 0.3 is 5.97 Å². The summed E-state index contributed by atoms with van der Waals surface area (Å²) >= 11 is 0. The zero-order valence-electron chi connectivity index (χ0n) is 6.79. The second-order valence-corrected chi connectivity index (χ2v) is 2.35. The number of hydrogen-bond donors (Lipinski definition) is 2. The van der Waals surface area contributed by atoms with Crippen molar-refractivity contribution in [3.8, 4) is 0 Å². The van der Waals surface area contributed by atoms with Gasteiger partial charge in [-0.3, -0.25) is 4.79 Å². The summed E-state index contributed by atoms with van der Waals surface area (Å²) in [6, 6.07) is 0. The molecule has 0 saturated heterocycles. The highest BCUT2D eigenvalue weighted by atomic mass is 16.4. The molecule has 0 amide bonds. The van der Waals surface area contributed by atoms with Crippen molar-refractivity contribution in [3.05, 3.63) is 23.4 Å². The van der Waals surface area contributed by atoms with Gasteiger partial charge in [0.05, 0.1) is 6.42 Å². The van der Waals surface area contributed by atoms with E-state index in [4.69, 9.17) is 10.8 Å². The van der Waals surface area contributed by atoms with E-state index in [1.807, 2.05) is 0 Å². The van der Waals surface area contributed by atoms with Crippen LogP contribution in [0.4, 0.5) is 0 Å². The summed E-state index contributed by atoms with van der Waals surface area (Å²) in [5, 5.41) is 8.37. The number of carbonyl (C=O) groups is 1. The lowest BCUT2D eigenvalue weighted by Crippen LogP contribution is -1.98. The second-order valence-electron chi connectivity index (χ2n) is 2.35. The first-order valence-corrected chi connectivity index (χ1v) is 3.37. The Morgan fingerprint density at radius 3 is 2.55 bits per heavy atom. The van der Waals surface area contributed by atoms with E-state index >= 15 is 0 Å². The number of hydrogen-bond acceptors (Lipinski definition) is 2. The summed E-state index contributed by atoms with van der Waals surface area (Å²) in [6.07, 6.45) is 3.44. The van der Waals surface area contributed by atoms with E-state index in [-0.39, 0.29) is 6.42 Å². The van der Waals surface area contributed by atoms with Crippen molar-refractivity contribution in [2.45, 2.75) is 20.3 Å². The lowest BCUT2D eigenvalue weighted by Gasteiger charge is -1.95. The van der Waals surface area contributed by atoms with Crippen molar-refractivity contribution in [1.29, 1.82) is 0 Å². The first kappa shape index (κ1) is 9.75. The van der Waals surface area contributed by atoms with Crippen LogP contribution in [0.5, 0.6) is 0 Å². The third-order valence-corrected chi connectivity index (χ3v) is 1.18. The Bertz CT molecular complexity index is 204. The molecule has 0 heterocycles. The number of allylic oxidation sites excluding steroid dienone is 2. The molecular formula is C8H13NO2. The second kappa shape index (κ2) is 4.55. The van der Waals surface area contributed by atoms with Crippen LogP contribution in [0.3, 0.4) is 0 Å². The minimum absolute atomic E-state index is 0.0501. The molecule has 0 radical (unpaired) electrons. The monoisotopic (exact) mass is 155 g/mol. The molecule has 0 unspecified atom stereocenters. The molecule has 0 aromatic rings. The van der Waals surface area contributed by atoms with Gasteiger partial charge in [0.1, 0.15) is 0 Å². The van der Waals surface area contributed by atoms with Gasteiger partial charge < -0.3 is 10.8 Å². The van der Waals surface area contributed by atoms with Crippen LogP contribution in [0.15, 0.2) is 23.4 Å². The van der Waals surface area contributed by atoms with Gasteiger partial charge in [-0.15, -0.1) is 0 Å². The minimum atomic E-state index is -0.831. The molecule has 0 aliphatic rings. The minimum Gasteiger partial charge on any atom is -0.481 e. The maximum atomic E-state index is 10.2.